The third-order valence-electron chi connectivity index (χ3n) is 1.88. The maximum atomic E-state index is 13.5. The zero-order valence-electron chi connectivity index (χ0n) is 7.78. The smallest absolute Gasteiger partial charge is 0.347 e. The first kappa shape index (κ1) is 11.2. The van der Waals surface area contributed by atoms with Crippen molar-refractivity contribution in [3.05, 3.63) is 39.6 Å². The molecule has 1 heterocycles. The minimum atomic E-state index is -1.06. The minimum absolute atomic E-state index is 0.0920. The van der Waals surface area contributed by atoms with Gasteiger partial charge in [0.25, 0.3) is 0 Å². The lowest BCUT2D eigenvalue weighted by Gasteiger charge is -1.99. The average molecular weight is 302 g/mol. The van der Waals surface area contributed by atoms with Gasteiger partial charge in [-0.05, 0) is 18.2 Å². The Labute approximate surface area is 103 Å². The Hall–Kier alpha value is -1.27. The molecule has 0 aliphatic heterocycles. The molecule has 0 spiro atoms. The number of carbonyl (C=O) groups is 1. The Balaban J connectivity index is 2.50. The van der Waals surface area contributed by atoms with Crippen LogP contribution >= 0.6 is 27.3 Å². The molecule has 0 saturated carbocycles. The highest BCUT2D eigenvalue weighted by atomic mass is 79.9. The molecule has 3 nitrogen and oxygen atoms in total. The van der Waals surface area contributed by atoms with Crippen LogP contribution in [-0.2, 0) is 0 Å². The molecule has 1 aromatic heterocycles. The van der Waals surface area contributed by atoms with Crippen LogP contribution in [0.25, 0.3) is 10.6 Å². The van der Waals surface area contributed by atoms with Crippen molar-refractivity contribution in [1.82, 2.24) is 4.98 Å². The van der Waals surface area contributed by atoms with E-state index >= 15 is 0 Å². The van der Waals surface area contributed by atoms with Crippen molar-refractivity contribution >= 4 is 33.2 Å². The molecule has 0 fully saturated rings. The first-order chi connectivity index (χ1) is 7.58. The van der Waals surface area contributed by atoms with Gasteiger partial charge in [-0.1, -0.05) is 15.9 Å². The third kappa shape index (κ3) is 2.12. The van der Waals surface area contributed by atoms with Gasteiger partial charge in [-0.15, -0.1) is 11.3 Å². The quantitative estimate of drug-likeness (QED) is 0.925. The lowest BCUT2D eigenvalue weighted by Crippen LogP contribution is -1.89. The van der Waals surface area contributed by atoms with Gasteiger partial charge in [0.15, 0.2) is 0 Å². The summed E-state index contributed by atoms with van der Waals surface area (Å²) in [5, 5.41) is 9.09. The monoisotopic (exact) mass is 301 g/mol. The zero-order valence-corrected chi connectivity index (χ0v) is 10.2. The second-order valence-electron chi connectivity index (χ2n) is 2.96. The summed E-state index contributed by atoms with van der Waals surface area (Å²) in [6.07, 6.45) is 1.22. The van der Waals surface area contributed by atoms with E-state index < -0.39 is 11.8 Å². The van der Waals surface area contributed by atoms with Gasteiger partial charge < -0.3 is 5.11 Å². The molecule has 0 bridgehead atoms. The SMILES string of the molecule is O=C(O)c1cnc(-c2cc(Br)ccc2F)s1. The van der Waals surface area contributed by atoms with Crippen LogP contribution in [0.3, 0.4) is 0 Å². The maximum absolute atomic E-state index is 13.5. The predicted molar refractivity (Wildman–Crippen MR) is 62.2 cm³/mol. The second kappa shape index (κ2) is 4.31. The summed E-state index contributed by atoms with van der Waals surface area (Å²) in [5.41, 5.74) is 0.298. The van der Waals surface area contributed by atoms with Crippen LogP contribution in [0.1, 0.15) is 9.67 Å². The Kier molecular flexibility index (Phi) is 3.02. The minimum Gasteiger partial charge on any atom is -0.477 e. The number of rotatable bonds is 2. The van der Waals surface area contributed by atoms with E-state index in [1.165, 1.54) is 12.3 Å². The number of aromatic nitrogens is 1. The van der Waals surface area contributed by atoms with Crippen LogP contribution in [0.2, 0.25) is 0 Å². The summed E-state index contributed by atoms with van der Waals surface area (Å²) in [4.78, 5) is 14.6. The molecule has 2 rings (SSSR count). The lowest BCUT2D eigenvalue weighted by atomic mass is 10.2. The standard InChI is InChI=1S/C10H5BrFNO2S/c11-5-1-2-7(12)6(3-5)9-13-4-8(16-9)10(14)15/h1-4H,(H,14,15). The fourth-order valence-corrected chi connectivity index (χ4v) is 2.29. The van der Waals surface area contributed by atoms with Crippen molar-refractivity contribution in [2.75, 3.05) is 0 Å². The van der Waals surface area contributed by atoms with E-state index in [9.17, 15) is 9.18 Å². The van der Waals surface area contributed by atoms with Crippen molar-refractivity contribution in [3.63, 3.8) is 0 Å². The molecule has 0 atom stereocenters. The van der Waals surface area contributed by atoms with Crippen molar-refractivity contribution in [2.24, 2.45) is 0 Å². The fraction of sp³-hybridized carbons (Fsp3) is 0. The van der Waals surface area contributed by atoms with Gasteiger partial charge in [-0.2, -0.15) is 0 Å². The summed E-state index contributed by atoms with van der Waals surface area (Å²) in [7, 11) is 0. The Morgan fingerprint density at radius 1 is 1.50 bits per heavy atom. The van der Waals surface area contributed by atoms with E-state index in [0.717, 1.165) is 15.8 Å². The molecule has 16 heavy (non-hydrogen) atoms. The molecule has 0 aliphatic rings. The lowest BCUT2D eigenvalue weighted by molar-refractivity contribution is 0.0702. The van der Waals surface area contributed by atoms with Crippen LogP contribution in [0, 0.1) is 5.82 Å². The van der Waals surface area contributed by atoms with Crippen LogP contribution in [0.4, 0.5) is 4.39 Å². The second-order valence-corrected chi connectivity index (χ2v) is 4.91. The number of benzene rings is 1. The van der Waals surface area contributed by atoms with Gasteiger partial charge in [0, 0.05) is 10.0 Å². The van der Waals surface area contributed by atoms with Gasteiger partial charge in [0.2, 0.25) is 0 Å². The van der Waals surface area contributed by atoms with Gasteiger partial charge in [0.1, 0.15) is 15.7 Å². The molecule has 0 radical (unpaired) electrons. The molecular weight excluding hydrogens is 297 g/mol. The van der Waals surface area contributed by atoms with Crippen LogP contribution in [0.5, 0.6) is 0 Å². The first-order valence-corrected chi connectivity index (χ1v) is 5.83. The molecule has 0 amide bonds. The van der Waals surface area contributed by atoms with Crippen LogP contribution in [0.15, 0.2) is 28.9 Å². The molecule has 2 aromatic rings. The summed E-state index contributed by atoms with van der Waals surface area (Å²) in [6.45, 7) is 0. The fourth-order valence-electron chi connectivity index (χ4n) is 1.16. The highest BCUT2D eigenvalue weighted by Crippen LogP contribution is 2.29. The van der Waals surface area contributed by atoms with Crippen molar-refractivity contribution in [1.29, 1.82) is 0 Å². The number of nitrogens with zero attached hydrogens (tertiary/aromatic N) is 1. The van der Waals surface area contributed by atoms with E-state index in [2.05, 4.69) is 20.9 Å². The summed E-state index contributed by atoms with van der Waals surface area (Å²) >= 11 is 4.17. The highest BCUT2D eigenvalue weighted by molar-refractivity contribution is 9.10. The molecule has 6 heteroatoms. The van der Waals surface area contributed by atoms with Crippen molar-refractivity contribution in [3.8, 4) is 10.6 Å². The normalized spacial score (nSPS) is 10.4. The van der Waals surface area contributed by atoms with E-state index in [1.54, 1.807) is 12.1 Å². The van der Waals surface area contributed by atoms with Crippen molar-refractivity contribution < 1.29 is 14.3 Å². The first-order valence-electron chi connectivity index (χ1n) is 4.22. The van der Waals surface area contributed by atoms with Gasteiger partial charge >= 0.3 is 5.97 Å². The predicted octanol–water partition coefficient (Wildman–Crippen LogP) is 3.41. The number of hydrogen-bond acceptors (Lipinski definition) is 3. The van der Waals surface area contributed by atoms with E-state index in [1.807, 2.05) is 0 Å². The van der Waals surface area contributed by atoms with Gasteiger partial charge in [0.05, 0.1) is 6.20 Å². The summed E-state index contributed by atoms with van der Waals surface area (Å²) < 4.78 is 14.2. The highest BCUT2D eigenvalue weighted by Gasteiger charge is 2.13. The number of halogens is 2. The topological polar surface area (TPSA) is 50.2 Å². The largest absolute Gasteiger partial charge is 0.477 e. The molecule has 0 aliphatic carbocycles. The van der Waals surface area contributed by atoms with Crippen LogP contribution < -0.4 is 0 Å². The number of carboxylic acids is 1. The Morgan fingerprint density at radius 3 is 2.88 bits per heavy atom. The van der Waals surface area contributed by atoms with Gasteiger partial charge in [-0.3, -0.25) is 0 Å². The summed E-state index contributed by atoms with van der Waals surface area (Å²) in [6, 6.07) is 4.45. The van der Waals surface area contributed by atoms with Gasteiger partial charge in [-0.25, -0.2) is 14.2 Å². The third-order valence-corrected chi connectivity index (χ3v) is 3.39. The van der Waals surface area contributed by atoms with E-state index in [0.29, 0.717) is 10.6 Å². The number of thiazole rings is 1. The van der Waals surface area contributed by atoms with E-state index in [-0.39, 0.29) is 4.88 Å². The zero-order chi connectivity index (χ0) is 11.7. The number of aromatic carboxylic acids is 1. The molecule has 1 N–H and O–H groups in total. The molecule has 0 unspecified atom stereocenters. The Morgan fingerprint density at radius 2 is 2.25 bits per heavy atom. The molecular formula is C10H5BrFNO2S. The number of carboxylic acid groups (broad SMARTS) is 1. The molecule has 82 valence electrons. The summed E-state index contributed by atoms with van der Waals surface area (Å²) in [5.74, 6) is -1.48. The Bertz CT molecular complexity index is 556. The maximum Gasteiger partial charge on any atom is 0.347 e. The van der Waals surface area contributed by atoms with Crippen molar-refractivity contribution in [2.45, 2.75) is 0 Å². The average Bonchev–Trinajstić information content (AvgIpc) is 2.70. The number of hydrogen-bond donors (Lipinski definition) is 1. The molecule has 1 aromatic carbocycles. The van der Waals surface area contributed by atoms with E-state index in [4.69, 9.17) is 5.11 Å². The molecule has 0 saturated heterocycles. The van der Waals surface area contributed by atoms with Crippen LogP contribution in [-0.4, -0.2) is 16.1 Å².